The molecule has 4 heterocycles. The molecule has 1 N–H and O–H groups in total. The summed E-state index contributed by atoms with van der Waals surface area (Å²) >= 11 is 1.62. The Bertz CT molecular complexity index is 1220. The molecule has 5 rings (SSSR count). The predicted octanol–water partition coefficient (Wildman–Crippen LogP) is 3.89. The zero-order valence-electron chi connectivity index (χ0n) is 18.1. The van der Waals surface area contributed by atoms with Crippen LogP contribution in [0, 0.1) is 5.92 Å². The Morgan fingerprint density at radius 2 is 1.88 bits per heavy atom. The van der Waals surface area contributed by atoms with Gasteiger partial charge in [0.15, 0.2) is 5.82 Å². The Morgan fingerprint density at radius 3 is 2.64 bits per heavy atom. The van der Waals surface area contributed by atoms with Gasteiger partial charge in [-0.15, -0.1) is 11.3 Å². The number of benzene rings is 1. The topological polar surface area (TPSA) is 72.2 Å². The number of thiophene rings is 1. The second-order valence-corrected chi connectivity index (χ2v) is 9.14. The number of para-hydroxylation sites is 1. The number of carbonyl (C=O) groups excluding carboxylic acids is 2. The Morgan fingerprint density at radius 1 is 1.06 bits per heavy atom. The van der Waals surface area contributed by atoms with E-state index in [1.165, 1.54) is 0 Å². The predicted molar refractivity (Wildman–Crippen MR) is 128 cm³/mol. The van der Waals surface area contributed by atoms with Crippen molar-refractivity contribution in [2.45, 2.75) is 19.4 Å². The Balaban J connectivity index is 1.37. The summed E-state index contributed by atoms with van der Waals surface area (Å²) in [7, 11) is 0. The van der Waals surface area contributed by atoms with Crippen molar-refractivity contribution in [3.8, 4) is 11.5 Å². The summed E-state index contributed by atoms with van der Waals surface area (Å²) in [6.07, 6.45) is 7.03. The van der Waals surface area contributed by atoms with E-state index in [1.54, 1.807) is 27.1 Å². The van der Waals surface area contributed by atoms with Gasteiger partial charge in [-0.05, 0) is 48.6 Å². The van der Waals surface area contributed by atoms with Gasteiger partial charge in [0.05, 0.1) is 24.3 Å². The highest BCUT2D eigenvalue weighted by Gasteiger charge is 2.31. The second-order valence-electron chi connectivity index (χ2n) is 8.11. The van der Waals surface area contributed by atoms with Gasteiger partial charge >= 0.3 is 0 Å². The third-order valence-electron chi connectivity index (χ3n) is 5.92. The molecule has 2 amide bonds. The first kappa shape index (κ1) is 21.2. The van der Waals surface area contributed by atoms with Gasteiger partial charge in [0.2, 0.25) is 5.91 Å². The molecule has 0 aliphatic carbocycles. The molecular formula is C25H25N5O2S. The van der Waals surface area contributed by atoms with E-state index in [-0.39, 0.29) is 17.7 Å². The molecular weight excluding hydrogens is 434 g/mol. The van der Waals surface area contributed by atoms with Crippen LogP contribution in [0.2, 0.25) is 0 Å². The molecule has 0 radical (unpaired) electrons. The lowest BCUT2D eigenvalue weighted by molar-refractivity contribution is -0.126. The summed E-state index contributed by atoms with van der Waals surface area (Å²) in [5.74, 6) is 0.394. The van der Waals surface area contributed by atoms with Crippen LogP contribution < -0.4 is 5.32 Å². The highest BCUT2D eigenvalue weighted by atomic mass is 32.1. The van der Waals surface area contributed by atoms with Gasteiger partial charge in [-0.2, -0.15) is 5.10 Å². The van der Waals surface area contributed by atoms with Gasteiger partial charge in [-0.25, -0.2) is 4.68 Å². The van der Waals surface area contributed by atoms with Crippen molar-refractivity contribution >= 4 is 23.2 Å². The fourth-order valence-electron chi connectivity index (χ4n) is 4.25. The maximum absolute atomic E-state index is 13.6. The summed E-state index contributed by atoms with van der Waals surface area (Å²) in [5, 5.41) is 9.57. The van der Waals surface area contributed by atoms with E-state index in [4.69, 9.17) is 0 Å². The molecule has 33 heavy (non-hydrogen) atoms. The molecule has 168 valence electrons. The number of carbonyl (C=O) groups is 2. The number of piperidine rings is 1. The number of aromatic nitrogens is 3. The van der Waals surface area contributed by atoms with Gasteiger partial charge in [-0.1, -0.05) is 24.3 Å². The highest BCUT2D eigenvalue weighted by molar-refractivity contribution is 7.09. The lowest BCUT2D eigenvalue weighted by atomic mass is 9.96. The molecule has 1 atom stereocenters. The van der Waals surface area contributed by atoms with Crippen molar-refractivity contribution in [3.05, 3.63) is 89.0 Å². The monoisotopic (exact) mass is 459 g/mol. The Hall–Kier alpha value is -3.65. The Labute approximate surface area is 196 Å². The number of likely N-dealkylation sites (tertiary alicyclic amines) is 1. The maximum Gasteiger partial charge on any atom is 0.259 e. The first-order chi connectivity index (χ1) is 16.2. The molecule has 0 spiro atoms. The molecule has 4 aromatic rings. The van der Waals surface area contributed by atoms with Crippen LogP contribution in [0.4, 0.5) is 0 Å². The van der Waals surface area contributed by atoms with Crippen molar-refractivity contribution in [1.29, 1.82) is 0 Å². The molecule has 1 aliphatic rings. The molecule has 0 unspecified atom stereocenters. The lowest BCUT2D eigenvalue weighted by Crippen LogP contribution is -2.45. The van der Waals surface area contributed by atoms with Crippen LogP contribution in [0.1, 0.15) is 28.1 Å². The van der Waals surface area contributed by atoms with Crippen LogP contribution >= 0.6 is 11.3 Å². The average molecular weight is 460 g/mol. The van der Waals surface area contributed by atoms with Gasteiger partial charge in [0, 0.05) is 30.4 Å². The number of hydrogen-bond donors (Lipinski definition) is 1. The normalized spacial score (nSPS) is 16.0. The number of nitrogens with zero attached hydrogens (tertiary/aromatic N) is 4. The van der Waals surface area contributed by atoms with E-state index in [1.807, 2.05) is 76.9 Å². The highest BCUT2D eigenvalue weighted by Crippen LogP contribution is 2.24. The minimum atomic E-state index is -0.207. The summed E-state index contributed by atoms with van der Waals surface area (Å²) in [6.45, 7) is 1.58. The van der Waals surface area contributed by atoms with E-state index >= 15 is 0 Å². The van der Waals surface area contributed by atoms with E-state index in [0.717, 1.165) is 23.4 Å². The first-order valence-electron chi connectivity index (χ1n) is 11.1. The molecule has 8 heteroatoms. The van der Waals surface area contributed by atoms with Gasteiger partial charge in [0.25, 0.3) is 5.91 Å². The maximum atomic E-state index is 13.6. The van der Waals surface area contributed by atoms with Crippen molar-refractivity contribution in [2.24, 2.45) is 5.92 Å². The number of nitrogens with one attached hydrogen (secondary N) is 1. The van der Waals surface area contributed by atoms with E-state index in [0.29, 0.717) is 31.0 Å². The standard InChI is InChI=1S/C25H25N5O2S/c31-23(26-16-21-11-7-15-33-21)19-8-6-14-29(18-19)25(32)22-17-27-30(20-9-2-1-3-10-20)24(22)28-12-4-5-13-28/h1-5,7,9-13,15,17,19H,6,8,14,16,18H2,(H,26,31)/t19-/m0/s1. The summed E-state index contributed by atoms with van der Waals surface area (Å²) < 4.78 is 3.69. The Kier molecular flexibility index (Phi) is 6.08. The molecule has 1 aliphatic heterocycles. The summed E-state index contributed by atoms with van der Waals surface area (Å²) in [5.41, 5.74) is 1.40. The number of hydrogen-bond acceptors (Lipinski definition) is 4. The van der Waals surface area contributed by atoms with Crippen molar-refractivity contribution in [1.82, 2.24) is 24.6 Å². The van der Waals surface area contributed by atoms with E-state index in [2.05, 4.69) is 10.4 Å². The molecule has 0 saturated carbocycles. The zero-order chi connectivity index (χ0) is 22.6. The summed E-state index contributed by atoms with van der Waals surface area (Å²) in [4.78, 5) is 29.3. The number of rotatable bonds is 6. The molecule has 1 fully saturated rings. The average Bonchev–Trinajstić information content (AvgIpc) is 3.64. The van der Waals surface area contributed by atoms with Crippen LogP contribution in [0.3, 0.4) is 0 Å². The zero-order valence-corrected chi connectivity index (χ0v) is 18.9. The van der Waals surface area contributed by atoms with Crippen molar-refractivity contribution < 1.29 is 9.59 Å². The quantitative estimate of drug-likeness (QED) is 0.475. The van der Waals surface area contributed by atoms with Crippen molar-refractivity contribution in [3.63, 3.8) is 0 Å². The van der Waals surface area contributed by atoms with Crippen LogP contribution in [-0.2, 0) is 11.3 Å². The second kappa shape index (κ2) is 9.46. The fourth-order valence-corrected chi connectivity index (χ4v) is 4.90. The van der Waals surface area contributed by atoms with E-state index in [9.17, 15) is 9.59 Å². The minimum Gasteiger partial charge on any atom is -0.351 e. The minimum absolute atomic E-state index is 0.00603. The molecule has 7 nitrogen and oxygen atoms in total. The molecule has 0 bridgehead atoms. The molecule has 1 aromatic carbocycles. The summed E-state index contributed by atoms with van der Waals surface area (Å²) in [6, 6.07) is 17.6. The van der Waals surface area contributed by atoms with E-state index < -0.39 is 0 Å². The first-order valence-corrected chi connectivity index (χ1v) is 11.9. The largest absolute Gasteiger partial charge is 0.351 e. The van der Waals surface area contributed by atoms with Crippen LogP contribution in [0.15, 0.2) is 78.6 Å². The van der Waals surface area contributed by atoms with Crippen LogP contribution in [0.5, 0.6) is 0 Å². The molecule has 1 saturated heterocycles. The number of amides is 2. The third kappa shape index (κ3) is 4.47. The smallest absolute Gasteiger partial charge is 0.259 e. The third-order valence-corrected chi connectivity index (χ3v) is 6.80. The van der Waals surface area contributed by atoms with Crippen molar-refractivity contribution in [2.75, 3.05) is 13.1 Å². The van der Waals surface area contributed by atoms with Gasteiger partial charge in [-0.3, -0.25) is 9.59 Å². The SMILES string of the molecule is O=C(NCc1cccs1)[C@H]1CCCN(C(=O)c2cnn(-c3ccccc3)c2-n2cccc2)C1. The van der Waals surface area contributed by atoms with Crippen LogP contribution in [-0.4, -0.2) is 44.2 Å². The van der Waals surface area contributed by atoms with Gasteiger partial charge < -0.3 is 14.8 Å². The lowest BCUT2D eigenvalue weighted by Gasteiger charge is -2.32. The van der Waals surface area contributed by atoms with Crippen LogP contribution in [0.25, 0.3) is 11.5 Å². The van der Waals surface area contributed by atoms with Gasteiger partial charge in [0.1, 0.15) is 5.56 Å². The fraction of sp³-hybridized carbons (Fsp3) is 0.240. The molecule has 3 aromatic heterocycles.